The zero-order valence-electron chi connectivity index (χ0n) is 18.6. The molecule has 0 spiro atoms. The van der Waals surface area contributed by atoms with Gasteiger partial charge in [-0.1, -0.05) is 18.2 Å². The van der Waals surface area contributed by atoms with Crippen LogP contribution < -0.4 is 9.62 Å². The highest BCUT2D eigenvalue weighted by atomic mass is 32.2. The fourth-order valence-electron chi connectivity index (χ4n) is 4.07. The lowest BCUT2D eigenvalue weighted by molar-refractivity contribution is -0.926. The van der Waals surface area contributed by atoms with Gasteiger partial charge in [0.2, 0.25) is 6.04 Å². The molecule has 1 fully saturated rings. The van der Waals surface area contributed by atoms with Gasteiger partial charge in [0, 0.05) is 11.1 Å². The van der Waals surface area contributed by atoms with Crippen molar-refractivity contribution in [2.75, 3.05) is 30.9 Å². The summed E-state index contributed by atoms with van der Waals surface area (Å²) in [5.41, 5.74) is 0.723. The van der Waals surface area contributed by atoms with E-state index in [1.54, 1.807) is 17.0 Å². The van der Waals surface area contributed by atoms with Gasteiger partial charge in [-0.15, -0.1) is 0 Å². The third kappa shape index (κ3) is 5.48. The summed E-state index contributed by atoms with van der Waals surface area (Å²) in [6.45, 7) is 1.76. The molecule has 0 aromatic heterocycles. The Labute approximate surface area is 202 Å². The second-order valence-electron chi connectivity index (χ2n) is 8.18. The van der Waals surface area contributed by atoms with E-state index in [2.05, 4.69) is 10.8 Å². The summed E-state index contributed by atoms with van der Waals surface area (Å²) in [5, 5.41) is 9.65. The first-order valence-corrected chi connectivity index (χ1v) is 12.4. The van der Waals surface area contributed by atoms with Crippen molar-refractivity contribution in [1.29, 1.82) is 5.26 Å². The molecular formula is C25H23F2N4O3S+. The second-order valence-corrected chi connectivity index (χ2v) is 9.86. The summed E-state index contributed by atoms with van der Waals surface area (Å²) in [6, 6.07) is 18.6. The number of hydrogen-bond donors (Lipinski definition) is 2. The number of anilines is 1. The molecule has 1 saturated heterocycles. The number of amides is 1. The number of halogens is 2. The zero-order valence-corrected chi connectivity index (χ0v) is 19.4. The molecule has 1 unspecified atom stereocenters. The number of rotatable bonds is 6. The van der Waals surface area contributed by atoms with Crippen LogP contribution >= 0.6 is 0 Å². The van der Waals surface area contributed by atoms with Crippen molar-refractivity contribution in [3.8, 4) is 6.07 Å². The van der Waals surface area contributed by atoms with E-state index in [-0.39, 0.29) is 27.9 Å². The van der Waals surface area contributed by atoms with Crippen LogP contribution in [0.2, 0.25) is 0 Å². The van der Waals surface area contributed by atoms with Crippen molar-refractivity contribution in [3.63, 3.8) is 0 Å². The zero-order chi connectivity index (χ0) is 25.0. The van der Waals surface area contributed by atoms with Gasteiger partial charge < -0.3 is 9.80 Å². The third-order valence-corrected chi connectivity index (χ3v) is 7.31. The van der Waals surface area contributed by atoms with Crippen molar-refractivity contribution >= 4 is 21.6 Å². The fraction of sp³-hybridized carbons (Fsp3) is 0.200. The summed E-state index contributed by atoms with van der Waals surface area (Å²) >= 11 is 0. The van der Waals surface area contributed by atoms with E-state index in [1.165, 1.54) is 54.6 Å². The average Bonchev–Trinajstić information content (AvgIpc) is 2.87. The molecule has 4 rings (SSSR count). The summed E-state index contributed by atoms with van der Waals surface area (Å²) in [6.07, 6.45) is 0. The molecule has 1 aliphatic rings. The van der Waals surface area contributed by atoms with Crippen LogP contribution in [0.25, 0.3) is 0 Å². The maximum absolute atomic E-state index is 13.9. The van der Waals surface area contributed by atoms with Crippen LogP contribution in [0.5, 0.6) is 0 Å². The number of nitrogens with zero attached hydrogens (tertiary/aromatic N) is 2. The van der Waals surface area contributed by atoms with Crippen molar-refractivity contribution in [1.82, 2.24) is 4.90 Å². The van der Waals surface area contributed by atoms with Crippen molar-refractivity contribution in [2.45, 2.75) is 10.9 Å². The molecule has 35 heavy (non-hydrogen) atoms. The number of para-hydroxylation sites is 1. The molecule has 180 valence electrons. The summed E-state index contributed by atoms with van der Waals surface area (Å²) in [4.78, 5) is 15.5. The number of carbonyl (C=O) groups excluding carboxylic acids is 1. The van der Waals surface area contributed by atoms with Gasteiger partial charge in [0.15, 0.2) is 0 Å². The topological polar surface area (TPSA) is 94.7 Å². The maximum atomic E-state index is 13.9. The van der Waals surface area contributed by atoms with Crippen molar-refractivity contribution < 1.29 is 26.9 Å². The lowest BCUT2D eigenvalue weighted by Gasteiger charge is -2.34. The summed E-state index contributed by atoms with van der Waals surface area (Å²) in [5.74, 6) is -1.41. The van der Waals surface area contributed by atoms with Gasteiger partial charge in [-0.05, 0) is 54.6 Å². The molecule has 1 aliphatic heterocycles. The Hall–Kier alpha value is -3.81. The highest BCUT2D eigenvalue weighted by Crippen LogP contribution is 2.20. The van der Waals surface area contributed by atoms with E-state index in [0.717, 1.165) is 11.0 Å². The summed E-state index contributed by atoms with van der Waals surface area (Å²) in [7, 11) is -4.11. The Morgan fingerprint density at radius 3 is 2.34 bits per heavy atom. The Kier molecular flexibility index (Phi) is 7.10. The number of sulfonamides is 1. The van der Waals surface area contributed by atoms with Gasteiger partial charge in [-0.25, -0.2) is 17.2 Å². The highest BCUT2D eigenvalue weighted by molar-refractivity contribution is 7.92. The van der Waals surface area contributed by atoms with Gasteiger partial charge in [0.25, 0.3) is 15.9 Å². The Balaban J connectivity index is 1.44. The van der Waals surface area contributed by atoms with Gasteiger partial charge in [0.05, 0.1) is 36.8 Å². The van der Waals surface area contributed by atoms with Crippen LogP contribution in [0.1, 0.15) is 22.0 Å². The number of quaternary nitrogens is 1. The van der Waals surface area contributed by atoms with Gasteiger partial charge in [-0.2, -0.15) is 5.26 Å². The van der Waals surface area contributed by atoms with E-state index in [9.17, 15) is 27.3 Å². The molecule has 2 N–H and O–H groups in total. The molecule has 3 aromatic carbocycles. The summed E-state index contributed by atoms with van der Waals surface area (Å²) < 4.78 is 54.8. The molecule has 7 nitrogen and oxygen atoms in total. The van der Waals surface area contributed by atoms with Gasteiger partial charge in [-0.3, -0.25) is 9.52 Å². The van der Waals surface area contributed by atoms with Crippen LogP contribution in [0, 0.1) is 23.0 Å². The maximum Gasteiger partial charge on any atom is 0.262 e. The highest BCUT2D eigenvalue weighted by Gasteiger charge is 2.31. The predicted octanol–water partition coefficient (Wildman–Crippen LogP) is 2.37. The van der Waals surface area contributed by atoms with Crippen LogP contribution in [0.3, 0.4) is 0 Å². The molecule has 0 radical (unpaired) electrons. The minimum atomic E-state index is -4.11. The molecule has 1 atom stereocenters. The number of carbonyl (C=O) groups is 1. The van der Waals surface area contributed by atoms with Crippen LogP contribution in [0.15, 0.2) is 77.7 Å². The van der Waals surface area contributed by atoms with E-state index in [0.29, 0.717) is 31.7 Å². The third-order valence-electron chi connectivity index (χ3n) is 5.94. The Morgan fingerprint density at radius 2 is 1.69 bits per heavy atom. The lowest BCUT2D eigenvalue weighted by atomic mass is 10.1. The van der Waals surface area contributed by atoms with Gasteiger partial charge in [0.1, 0.15) is 17.7 Å². The minimum Gasteiger partial charge on any atom is -0.327 e. The van der Waals surface area contributed by atoms with E-state index in [4.69, 9.17) is 0 Å². The van der Waals surface area contributed by atoms with Crippen molar-refractivity contribution in [2.24, 2.45) is 0 Å². The normalized spacial score (nSPS) is 15.3. The number of nitriles is 1. The average molecular weight is 498 g/mol. The minimum absolute atomic E-state index is 0.156. The monoisotopic (exact) mass is 497 g/mol. The van der Waals surface area contributed by atoms with Crippen molar-refractivity contribution in [3.05, 3.63) is 95.6 Å². The Morgan fingerprint density at radius 1 is 1.00 bits per heavy atom. The lowest BCUT2D eigenvalue weighted by Crippen LogP contribution is -3.15. The molecule has 0 aliphatic carbocycles. The fourth-order valence-corrected chi connectivity index (χ4v) is 5.18. The molecule has 0 bridgehead atoms. The molecule has 1 heterocycles. The van der Waals surface area contributed by atoms with E-state index in [1.807, 2.05) is 0 Å². The van der Waals surface area contributed by atoms with Crippen LogP contribution in [-0.2, 0) is 10.0 Å². The standard InChI is InChI=1S/C25H22F2N4O3S/c26-20-10-8-18(9-11-20)24(17-28)30-12-14-31(15-13-30)25(32)19-4-3-5-21(16-19)35(33,34)29-23-7-2-1-6-22(23)27/h1-11,16,24,29H,12-15H2/p+1. The van der Waals surface area contributed by atoms with Crippen LogP contribution in [-0.4, -0.2) is 45.4 Å². The number of hydrogen-bond acceptors (Lipinski definition) is 4. The SMILES string of the molecule is N#CC(c1ccc(F)cc1)[NH+]1CCN(C(=O)c2cccc(S(=O)(=O)Nc3ccccc3F)c2)CC1. The quantitative estimate of drug-likeness (QED) is 0.547. The molecule has 3 aromatic rings. The van der Waals surface area contributed by atoms with E-state index < -0.39 is 21.9 Å². The number of benzene rings is 3. The smallest absolute Gasteiger partial charge is 0.262 e. The second kappa shape index (κ2) is 10.2. The number of piperazine rings is 1. The molecule has 1 amide bonds. The Bertz CT molecular complexity index is 1370. The predicted molar refractivity (Wildman–Crippen MR) is 125 cm³/mol. The first kappa shape index (κ1) is 24.3. The molecule has 0 saturated carbocycles. The molecule has 10 heteroatoms. The van der Waals surface area contributed by atoms with Gasteiger partial charge >= 0.3 is 0 Å². The van der Waals surface area contributed by atoms with Crippen LogP contribution in [0.4, 0.5) is 14.5 Å². The largest absolute Gasteiger partial charge is 0.327 e. The first-order chi connectivity index (χ1) is 16.8. The van der Waals surface area contributed by atoms with E-state index >= 15 is 0 Å². The number of nitrogens with one attached hydrogen (secondary N) is 2. The molecular weight excluding hydrogens is 474 g/mol. The first-order valence-electron chi connectivity index (χ1n) is 10.9.